The van der Waals surface area contributed by atoms with Crippen LogP contribution in [0.1, 0.15) is 105 Å². The number of carbonyl (C=O) groups is 2. The zero-order chi connectivity index (χ0) is 35.7. The van der Waals surface area contributed by atoms with Gasteiger partial charge in [0.1, 0.15) is 4.88 Å². The Morgan fingerprint density at radius 2 is 1.42 bits per heavy atom. The van der Waals surface area contributed by atoms with E-state index in [0.717, 1.165) is 41.7 Å². The van der Waals surface area contributed by atoms with Gasteiger partial charge in [-0.05, 0) is 95.2 Å². The average molecular weight is 720 g/mol. The predicted molar refractivity (Wildman–Crippen MR) is 198 cm³/mol. The first-order valence-corrected chi connectivity index (χ1v) is 19.9. The molecule has 2 saturated carbocycles. The molecule has 1 heterocycles. The molecular weight excluding hydrogens is 669 g/mol. The van der Waals surface area contributed by atoms with Crippen LogP contribution in [0.15, 0.2) is 66.7 Å². The molecule has 0 unspecified atom stereocenters. The van der Waals surface area contributed by atoms with E-state index in [1.807, 2.05) is 92.4 Å². The van der Waals surface area contributed by atoms with E-state index in [0.29, 0.717) is 42.2 Å². The Morgan fingerprint density at radius 1 is 0.860 bits per heavy atom. The highest BCUT2D eigenvalue weighted by molar-refractivity contribution is 7.48. The highest BCUT2D eigenvalue weighted by Gasteiger charge is 2.40. The van der Waals surface area contributed by atoms with E-state index in [9.17, 15) is 14.2 Å². The SMILES string of the molecule is COC(=O)c1sc(C#CC(C)(C)C)cc1N(C(=O)C1CCC(C)CC1)C1CCC(OP(=O)(OCc2ccccc2)OCc2ccccc2)CC1. The lowest BCUT2D eigenvalue weighted by molar-refractivity contribution is -0.124. The second-order valence-electron chi connectivity index (χ2n) is 14.5. The summed E-state index contributed by atoms with van der Waals surface area (Å²) in [6, 6.07) is 20.7. The van der Waals surface area contributed by atoms with Crippen molar-refractivity contribution in [2.24, 2.45) is 17.3 Å². The maximum Gasteiger partial charge on any atom is 0.475 e. The van der Waals surface area contributed by atoms with Crippen LogP contribution < -0.4 is 4.90 Å². The van der Waals surface area contributed by atoms with Crippen molar-refractivity contribution >= 4 is 36.7 Å². The van der Waals surface area contributed by atoms with Crippen LogP contribution in [0.5, 0.6) is 0 Å². The average Bonchev–Trinajstić information content (AvgIpc) is 3.54. The summed E-state index contributed by atoms with van der Waals surface area (Å²) in [5, 5.41) is 0. The summed E-state index contributed by atoms with van der Waals surface area (Å²) < 4.78 is 37.3. The van der Waals surface area contributed by atoms with Crippen LogP contribution >= 0.6 is 19.2 Å². The number of ether oxygens (including phenoxy) is 1. The molecule has 50 heavy (non-hydrogen) atoms. The minimum Gasteiger partial charge on any atom is -0.465 e. The third-order valence-electron chi connectivity index (χ3n) is 9.26. The Bertz CT molecular complexity index is 1630. The number of hydrogen-bond acceptors (Lipinski definition) is 8. The molecule has 2 fully saturated rings. The number of esters is 1. The van der Waals surface area contributed by atoms with Gasteiger partial charge in [-0.3, -0.25) is 18.4 Å². The van der Waals surface area contributed by atoms with Gasteiger partial charge in [0.25, 0.3) is 0 Å². The maximum absolute atomic E-state index is 14.5. The first-order chi connectivity index (χ1) is 23.9. The van der Waals surface area contributed by atoms with Gasteiger partial charge in [-0.15, -0.1) is 11.3 Å². The molecule has 1 aromatic heterocycles. The standard InChI is InChI=1S/C40H50NO7PS/c1-29-16-18-32(19-17-29)38(42)41(36-26-35(24-25-40(2,3)4)50-37(36)39(43)45-5)33-20-22-34(23-21-33)48-49(44,46-27-30-12-8-6-9-13-30)47-28-31-14-10-7-11-15-31/h6-15,26,29,32-34H,16-23,27-28H2,1-5H3. The van der Waals surface area contributed by atoms with E-state index in [-0.39, 0.29) is 36.5 Å². The first kappa shape index (κ1) is 38.0. The number of benzene rings is 2. The van der Waals surface area contributed by atoms with E-state index in [1.165, 1.54) is 18.4 Å². The highest BCUT2D eigenvalue weighted by Crippen LogP contribution is 2.54. The summed E-state index contributed by atoms with van der Waals surface area (Å²) >= 11 is 1.27. The Hall–Kier alpha value is -3.25. The van der Waals surface area contributed by atoms with Crippen LogP contribution in [-0.4, -0.2) is 31.1 Å². The summed E-state index contributed by atoms with van der Waals surface area (Å²) in [5.41, 5.74) is 2.06. The summed E-state index contributed by atoms with van der Waals surface area (Å²) in [6.45, 7) is 8.51. The number of amides is 1. The number of anilines is 1. The molecule has 2 aliphatic rings. The second-order valence-corrected chi connectivity index (χ2v) is 17.2. The summed E-state index contributed by atoms with van der Waals surface area (Å²) in [6.07, 6.45) is 5.52. The fourth-order valence-electron chi connectivity index (χ4n) is 6.45. The number of rotatable bonds is 12. The highest BCUT2D eigenvalue weighted by atomic mass is 32.1. The lowest BCUT2D eigenvalue weighted by Crippen LogP contribution is -2.47. The normalized spacial score (nSPS) is 21.1. The van der Waals surface area contributed by atoms with Gasteiger partial charge in [0.15, 0.2) is 0 Å². The lowest BCUT2D eigenvalue weighted by atomic mass is 9.81. The summed E-state index contributed by atoms with van der Waals surface area (Å²) in [4.78, 5) is 30.6. The topological polar surface area (TPSA) is 91.4 Å². The fraction of sp³-hybridized carbons (Fsp3) is 0.500. The molecule has 0 saturated heterocycles. The number of thiophene rings is 1. The molecule has 0 aliphatic heterocycles. The van der Waals surface area contributed by atoms with E-state index >= 15 is 0 Å². The zero-order valence-electron chi connectivity index (χ0n) is 29.9. The Labute approximate surface area is 301 Å². The molecular formula is C40H50NO7PS. The van der Waals surface area contributed by atoms with E-state index < -0.39 is 19.9 Å². The van der Waals surface area contributed by atoms with Crippen LogP contribution in [0, 0.1) is 29.1 Å². The van der Waals surface area contributed by atoms with Crippen molar-refractivity contribution in [3.8, 4) is 11.8 Å². The monoisotopic (exact) mass is 719 g/mol. The largest absolute Gasteiger partial charge is 0.475 e. The smallest absolute Gasteiger partial charge is 0.465 e. The molecule has 2 aliphatic carbocycles. The molecule has 10 heteroatoms. The number of phosphoric ester groups is 1. The van der Waals surface area contributed by atoms with Crippen LogP contribution in [-0.2, 0) is 40.9 Å². The van der Waals surface area contributed by atoms with Gasteiger partial charge in [0.05, 0.1) is 37.0 Å². The Kier molecular flexibility index (Phi) is 13.2. The Balaban J connectivity index is 1.37. The van der Waals surface area contributed by atoms with Crippen molar-refractivity contribution in [2.75, 3.05) is 12.0 Å². The van der Waals surface area contributed by atoms with Crippen molar-refractivity contribution in [3.05, 3.63) is 87.6 Å². The third-order valence-corrected chi connectivity index (χ3v) is 11.7. The molecule has 5 rings (SSSR count). The van der Waals surface area contributed by atoms with Crippen molar-refractivity contribution in [3.63, 3.8) is 0 Å². The summed E-state index contributed by atoms with van der Waals surface area (Å²) in [5.74, 6) is 6.53. The van der Waals surface area contributed by atoms with Gasteiger partial charge < -0.3 is 9.64 Å². The van der Waals surface area contributed by atoms with Crippen LogP contribution in [0.3, 0.4) is 0 Å². The van der Waals surface area contributed by atoms with Gasteiger partial charge in [0.2, 0.25) is 5.91 Å². The van der Waals surface area contributed by atoms with Gasteiger partial charge in [-0.25, -0.2) is 9.36 Å². The number of phosphoric acid groups is 1. The fourth-order valence-corrected chi connectivity index (χ4v) is 8.76. The predicted octanol–water partition coefficient (Wildman–Crippen LogP) is 9.96. The number of methoxy groups -OCH3 is 1. The molecule has 1 amide bonds. The lowest BCUT2D eigenvalue weighted by Gasteiger charge is -2.39. The summed E-state index contributed by atoms with van der Waals surface area (Å²) in [7, 11) is -2.60. The van der Waals surface area contributed by atoms with E-state index in [1.54, 1.807) is 0 Å². The van der Waals surface area contributed by atoms with Gasteiger partial charge in [-0.2, -0.15) is 0 Å². The van der Waals surface area contributed by atoms with Crippen molar-refractivity contribution in [1.29, 1.82) is 0 Å². The molecule has 0 spiro atoms. The van der Waals surface area contributed by atoms with Gasteiger partial charge in [-0.1, -0.05) is 79.4 Å². The van der Waals surface area contributed by atoms with Crippen LogP contribution in [0.2, 0.25) is 0 Å². The molecule has 2 aromatic carbocycles. The zero-order valence-corrected chi connectivity index (χ0v) is 31.6. The van der Waals surface area contributed by atoms with E-state index in [4.69, 9.17) is 18.3 Å². The van der Waals surface area contributed by atoms with Gasteiger partial charge >= 0.3 is 13.8 Å². The number of nitrogens with zero attached hydrogens (tertiary/aromatic N) is 1. The van der Waals surface area contributed by atoms with E-state index in [2.05, 4.69) is 18.8 Å². The molecule has 0 bridgehead atoms. The van der Waals surface area contributed by atoms with Crippen LogP contribution in [0.4, 0.5) is 5.69 Å². The molecule has 0 radical (unpaired) electrons. The molecule has 8 nitrogen and oxygen atoms in total. The van der Waals surface area contributed by atoms with Crippen LogP contribution in [0.25, 0.3) is 0 Å². The third kappa shape index (κ3) is 10.6. The van der Waals surface area contributed by atoms with Crippen molar-refractivity contribution in [1.82, 2.24) is 0 Å². The minimum absolute atomic E-state index is 0.0441. The van der Waals surface area contributed by atoms with Gasteiger partial charge in [0, 0.05) is 17.4 Å². The van der Waals surface area contributed by atoms with Crippen molar-refractivity contribution < 1.29 is 32.5 Å². The Morgan fingerprint density at radius 3 is 1.94 bits per heavy atom. The first-order valence-electron chi connectivity index (χ1n) is 17.7. The minimum atomic E-state index is -3.97. The molecule has 0 N–H and O–H groups in total. The number of carbonyl (C=O) groups excluding carboxylic acids is 2. The van der Waals surface area contributed by atoms with Crippen molar-refractivity contribution in [2.45, 2.75) is 104 Å². The number of hydrogen-bond donors (Lipinski definition) is 0. The maximum atomic E-state index is 14.5. The molecule has 268 valence electrons. The molecule has 3 aromatic rings. The second kappa shape index (κ2) is 17.3. The molecule has 0 atom stereocenters. The quantitative estimate of drug-likeness (QED) is 0.105.